The Bertz CT molecular complexity index is 450. The van der Waals surface area contributed by atoms with Crippen molar-refractivity contribution in [2.24, 2.45) is 11.1 Å². The van der Waals surface area contributed by atoms with E-state index in [-0.39, 0.29) is 10.8 Å². The van der Waals surface area contributed by atoms with E-state index >= 15 is 0 Å². The van der Waals surface area contributed by atoms with Gasteiger partial charge in [0.15, 0.2) is 0 Å². The van der Waals surface area contributed by atoms with E-state index in [1.165, 1.54) is 11.1 Å². The monoisotopic (exact) mass is 263 g/mol. The smallest absolute Gasteiger partial charge is 0.122 e. The van der Waals surface area contributed by atoms with Crippen LogP contribution in [0.15, 0.2) is 18.2 Å². The Morgan fingerprint density at radius 3 is 2.47 bits per heavy atom. The van der Waals surface area contributed by atoms with E-state index in [1.807, 2.05) is 6.92 Å². The van der Waals surface area contributed by atoms with Gasteiger partial charge in [0, 0.05) is 5.41 Å². The lowest BCUT2D eigenvalue weighted by Gasteiger charge is -2.52. The molecule has 1 aliphatic rings. The molecule has 0 bridgehead atoms. The Morgan fingerprint density at radius 1 is 1.37 bits per heavy atom. The maximum Gasteiger partial charge on any atom is 0.122 e. The zero-order valence-electron chi connectivity index (χ0n) is 12.5. The van der Waals surface area contributed by atoms with Crippen molar-refractivity contribution in [2.45, 2.75) is 33.1 Å². The molecule has 2 N–H and O–H groups in total. The molecule has 1 fully saturated rings. The number of hydrogen-bond donors (Lipinski definition) is 1. The van der Waals surface area contributed by atoms with Crippen LogP contribution in [0.2, 0.25) is 0 Å². The Kier molecular flexibility index (Phi) is 3.88. The highest BCUT2D eigenvalue weighted by atomic mass is 16.5. The first kappa shape index (κ1) is 14.4. The lowest BCUT2D eigenvalue weighted by molar-refractivity contribution is -0.116. The SMILES string of the molecule is CCOc1ccc(C2(C(C)(C)CN)COC2)cc1C. The van der Waals surface area contributed by atoms with Gasteiger partial charge in [0.2, 0.25) is 0 Å². The molecule has 0 amide bonds. The molecular weight excluding hydrogens is 238 g/mol. The van der Waals surface area contributed by atoms with Gasteiger partial charge in [0.25, 0.3) is 0 Å². The Labute approximate surface area is 116 Å². The second-order valence-corrected chi connectivity index (χ2v) is 6.08. The second kappa shape index (κ2) is 5.14. The topological polar surface area (TPSA) is 44.5 Å². The van der Waals surface area contributed by atoms with E-state index in [0.29, 0.717) is 13.2 Å². The molecule has 1 aromatic rings. The largest absolute Gasteiger partial charge is 0.494 e. The van der Waals surface area contributed by atoms with Gasteiger partial charge < -0.3 is 15.2 Å². The average molecular weight is 263 g/mol. The first-order valence-electron chi connectivity index (χ1n) is 6.98. The van der Waals surface area contributed by atoms with Gasteiger partial charge in [-0.05, 0) is 43.0 Å². The fraction of sp³-hybridized carbons (Fsp3) is 0.625. The third-order valence-corrected chi connectivity index (χ3v) is 4.53. The lowest BCUT2D eigenvalue weighted by Crippen LogP contribution is -2.59. The molecule has 106 valence electrons. The number of benzene rings is 1. The quantitative estimate of drug-likeness (QED) is 0.888. The highest BCUT2D eigenvalue weighted by molar-refractivity contribution is 5.41. The van der Waals surface area contributed by atoms with E-state index in [9.17, 15) is 0 Å². The minimum absolute atomic E-state index is 0.0326. The van der Waals surface area contributed by atoms with Gasteiger partial charge in [-0.2, -0.15) is 0 Å². The minimum Gasteiger partial charge on any atom is -0.494 e. The van der Waals surface area contributed by atoms with Crippen LogP contribution in [0.25, 0.3) is 0 Å². The molecule has 0 unspecified atom stereocenters. The van der Waals surface area contributed by atoms with Gasteiger partial charge in [-0.25, -0.2) is 0 Å². The van der Waals surface area contributed by atoms with Crippen molar-refractivity contribution in [3.63, 3.8) is 0 Å². The zero-order chi connectivity index (χ0) is 14.1. The van der Waals surface area contributed by atoms with Crippen LogP contribution in [-0.2, 0) is 10.2 Å². The van der Waals surface area contributed by atoms with E-state index < -0.39 is 0 Å². The third-order valence-electron chi connectivity index (χ3n) is 4.53. The average Bonchev–Trinajstić information content (AvgIpc) is 2.31. The molecule has 0 radical (unpaired) electrons. The van der Waals surface area contributed by atoms with Crippen molar-refractivity contribution in [2.75, 3.05) is 26.4 Å². The fourth-order valence-corrected chi connectivity index (χ4v) is 2.71. The van der Waals surface area contributed by atoms with Gasteiger partial charge in [0.05, 0.1) is 19.8 Å². The van der Waals surface area contributed by atoms with E-state index in [2.05, 4.69) is 39.0 Å². The van der Waals surface area contributed by atoms with Crippen molar-refractivity contribution < 1.29 is 9.47 Å². The van der Waals surface area contributed by atoms with Crippen LogP contribution in [0.1, 0.15) is 31.9 Å². The molecular formula is C16H25NO2. The molecule has 1 aliphatic heterocycles. The van der Waals surface area contributed by atoms with Crippen molar-refractivity contribution >= 4 is 0 Å². The van der Waals surface area contributed by atoms with Crippen LogP contribution in [0.5, 0.6) is 5.75 Å². The van der Waals surface area contributed by atoms with Gasteiger partial charge in [-0.1, -0.05) is 26.0 Å². The number of nitrogens with two attached hydrogens (primary N) is 1. The summed E-state index contributed by atoms with van der Waals surface area (Å²) in [5, 5.41) is 0. The predicted molar refractivity (Wildman–Crippen MR) is 77.7 cm³/mol. The minimum atomic E-state index is 0.0326. The molecule has 0 atom stereocenters. The van der Waals surface area contributed by atoms with Gasteiger partial charge in [-0.3, -0.25) is 0 Å². The highest BCUT2D eigenvalue weighted by Crippen LogP contribution is 2.47. The van der Waals surface area contributed by atoms with Crippen molar-refractivity contribution in [1.82, 2.24) is 0 Å². The molecule has 1 saturated heterocycles. The van der Waals surface area contributed by atoms with Crippen LogP contribution in [0.3, 0.4) is 0 Å². The predicted octanol–water partition coefficient (Wildman–Crippen LogP) is 2.65. The molecule has 0 aromatic heterocycles. The molecule has 3 nitrogen and oxygen atoms in total. The normalized spacial score (nSPS) is 17.9. The van der Waals surface area contributed by atoms with Crippen LogP contribution < -0.4 is 10.5 Å². The highest BCUT2D eigenvalue weighted by Gasteiger charge is 2.51. The lowest BCUT2D eigenvalue weighted by atomic mass is 9.60. The van der Waals surface area contributed by atoms with Crippen molar-refractivity contribution in [1.29, 1.82) is 0 Å². The van der Waals surface area contributed by atoms with Gasteiger partial charge in [-0.15, -0.1) is 0 Å². The van der Waals surface area contributed by atoms with Crippen molar-refractivity contribution in [3.8, 4) is 5.75 Å². The number of ether oxygens (including phenoxy) is 2. The van der Waals surface area contributed by atoms with Crippen LogP contribution >= 0.6 is 0 Å². The summed E-state index contributed by atoms with van der Waals surface area (Å²) in [4.78, 5) is 0. The van der Waals surface area contributed by atoms with Crippen LogP contribution in [0.4, 0.5) is 0 Å². The van der Waals surface area contributed by atoms with E-state index in [4.69, 9.17) is 15.2 Å². The summed E-state index contributed by atoms with van der Waals surface area (Å²) in [6, 6.07) is 6.46. The van der Waals surface area contributed by atoms with Crippen molar-refractivity contribution in [3.05, 3.63) is 29.3 Å². The number of aryl methyl sites for hydroxylation is 1. The molecule has 0 aliphatic carbocycles. The molecule has 1 heterocycles. The van der Waals surface area contributed by atoms with Crippen LogP contribution in [0, 0.1) is 12.3 Å². The molecule has 0 spiro atoms. The Balaban J connectivity index is 2.37. The standard InChI is InChI=1S/C16H25NO2/c1-5-19-14-7-6-13(8-12(14)2)16(10-18-11-16)15(3,4)9-17/h6-8H,5,9-11,17H2,1-4H3. The molecule has 3 heteroatoms. The summed E-state index contributed by atoms with van der Waals surface area (Å²) in [6.07, 6.45) is 0. The third kappa shape index (κ3) is 2.26. The molecule has 19 heavy (non-hydrogen) atoms. The van der Waals surface area contributed by atoms with E-state index in [0.717, 1.165) is 19.0 Å². The van der Waals surface area contributed by atoms with E-state index in [1.54, 1.807) is 0 Å². The van der Waals surface area contributed by atoms with Gasteiger partial charge >= 0.3 is 0 Å². The maximum absolute atomic E-state index is 5.97. The first-order valence-corrected chi connectivity index (χ1v) is 6.98. The molecule has 2 rings (SSSR count). The Morgan fingerprint density at radius 2 is 2.05 bits per heavy atom. The summed E-state index contributed by atoms with van der Waals surface area (Å²) in [5.74, 6) is 0.965. The summed E-state index contributed by atoms with van der Waals surface area (Å²) in [7, 11) is 0. The first-order chi connectivity index (χ1) is 8.97. The summed E-state index contributed by atoms with van der Waals surface area (Å²) in [6.45, 7) is 11.4. The summed E-state index contributed by atoms with van der Waals surface area (Å²) >= 11 is 0. The maximum atomic E-state index is 5.97. The van der Waals surface area contributed by atoms with Crippen LogP contribution in [-0.4, -0.2) is 26.4 Å². The molecule has 0 saturated carbocycles. The zero-order valence-corrected chi connectivity index (χ0v) is 12.5. The van der Waals surface area contributed by atoms with Gasteiger partial charge in [0.1, 0.15) is 5.75 Å². The summed E-state index contributed by atoms with van der Waals surface area (Å²) < 4.78 is 11.1. The fourth-order valence-electron chi connectivity index (χ4n) is 2.71. The number of hydrogen-bond acceptors (Lipinski definition) is 3. The second-order valence-electron chi connectivity index (χ2n) is 6.08. The number of rotatable bonds is 5. The molecule has 1 aromatic carbocycles. The Hall–Kier alpha value is -1.06. The summed E-state index contributed by atoms with van der Waals surface area (Å²) in [5.41, 5.74) is 8.54.